The molecule has 3 rings (SSSR count). The molecule has 1 unspecified atom stereocenters. The van der Waals surface area contributed by atoms with Gasteiger partial charge in [0.25, 0.3) is 5.91 Å². The molecule has 21 heavy (non-hydrogen) atoms. The fourth-order valence-electron chi connectivity index (χ4n) is 3.85. The lowest BCUT2D eigenvalue weighted by molar-refractivity contribution is 0.0866. The highest BCUT2D eigenvalue weighted by atomic mass is 16.2. The summed E-state index contributed by atoms with van der Waals surface area (Å²) < 4.78 is 1.81. The van der Waals surface area contributed by atoms with Crippen LogP contribution in [0.1, 0.15) is 54.7 Å². The minimum absolute atomic E-state index is 0.0192. The van der Waals surface area contributed by atoms with Crippen LogP contribution in [0.15, 0.2) is 6.33 Å². The number of hydrogen-bond acceptors (Lipinski definition) is 3. The average Bonchev–Trinajstić information content (AvgIpc) is 3.09. The summed E-state index contributed by atoms with van der Waals surface area (Å²) in [5, 5.41) is 3.21. The summed E-state index contributed by atoms with van der Waals surface area (Å²) in [6.07, 6.45) is 9.38. The Morgan fingerprint density at radius 3 is 2.71 bits per heavy atom. The van der Waals surface area contributed by atoms with Crippen molar-refractivity contribution in [1.29, 1.82) is 0 Å². The molecule has 1 aliphatic carbocycles. The number of aromatic nitrogens is 2. The van der Waals surface area contributed by atoms with Crippen LogP contribution < -0.4 is 5.32 Å². The molecule has 1 aromatic rings. The zero-order chi connectivity index (χ0) is 14.8. The van der Waals surface area contributed by atoms with Gasteiger partial charge in [-0.25, -0.2) is 4.98 Å². The Bertz CT molecular complexity index is 485. The van der Waals surface area contributed by atoms with E-state index in [4.69, 9.17) is 0 Å². The number of rotatable bonds is 3. The third-order valence-electron chi connectivity index (χ3n) is 4.96. The number of nitrogens with zero attached hydrogens (tertiary/aromatic N) is 3. The summed E-state index contributed by atoms with van der Waals surface area (Å²) >= 11 is 0. The van der Waals surface area contributed by atoms with E-state index in [2.05, 4.69) is 15.2 Å². The molecule has 1 N–H and O–H groups in total. The largest absolute Gasteiger partial charge is 0.347 e. The van der Waals surface area contributed by atoms with Crippen molar-refractivity contribution in [2.24, 2.45) is 7.05 Å². The lowest BCUT2D eigenvalue weighted by Crippen LogP contribution is -2.50. The third kappa shape index (κ3) is 3.12. The molecule has 5 nitrogen and oxygen atoms in total. The van der Waals surface area contributed by atoms with Gasteiger partial charge in [-0.2, -0.15) is 0 Å². The van der Waals surface area contributed by atoms with Crippen LogP contribution in [0.25, 0.3) is 0 Å². The standard InChI is InChI=1S/C16H26N4O/c1-12-15(19(2)11-17-12)16(21)18-13-6-5-9-20(10-13)14-7-3-4-8-14/h11,13-14H,3-10H2,1-2H3,(H,18,21). The number of carbonyl (C=O) groups excluding carboxylic acids is 1. The number of aryl methyl sites for hydroxylation is 2. The van der Waals surface area contributed by atoms with Crippen molar-refractivity contribution in [1.82, 2.24) is 19.8 Å². The van der Waals surface area contributed by atoms with E-state index in [9.17, 15) is 4.79 Å². The van der Waals surface area contributed by atoms with Crippen LogP contribution in [0.3, 0.4) is 0 Å². The minimum Gasteiger partial charge on any atom is -0.347 e. The molecule has 116 valence electrons. The number of imidazole rings is 1. The smallest absolute Gasteiger partial charge is 0.270 e. The Hall–Kier alpha value is -1.36. The Labute approximate surface area is 126 Å². The van der Waals surface area contributed by atoms with Crippen molar-refractivity contribution in [2.45, 2.75) is 57.5 Å². The van der Waals surface area contributed by atoms with Gasteiger partial charge in [-0.1, -0.05) is 12.8 Å². The first-order chi connectivity index (χ1) is 10.1. The zero-order valence-corrected chi connectivity index (χ0v) is 13.1. The minimum atomic E-state index is 0.0192. The maximum Gasteiger partial charge on any atom is 0.270 e. The van der Waals surface area contributed by atoms with Crippen LogP contribution >= 0.6 is 0 Å². The van der Waals surface area contributed by atoms with Crippen LogP contribution in [-0.2, 0) is 7.05 Å². The SMILES string of the molecule is Cc1ncn(C)c1C(=O)NC1CCCN(C2CCCC2)C1. The fraction of sp³-hybridized carbons (Fsp3) is 0.750. The van der Waals surface area contributed by atoms with Crippen molar-refractivity contribution in [3.8, 4) is 0 Å². The summed E-state index contributed by atoms with van der Waals surface area (Å²) in [6, 6.07) is 1.03. The van der Waals surface area contributed by atoms with Gasteiger partial charge in [0.1, 0.15) is 5.69 Å². The highest BCUT2D eigenvalue weighted by molar-refractivity contribution is 5.93. The Kier molecular flexibility index (Phi) is 4.29. The molecular weight excluding hydrogens is 264 g/mol. The van der Waals surface area contributed by atoms with E-state index in [0.717, 1.165) is 24.7 Å². The summed E-state index contributed by atoms with van der Waals surface area (Å²) in [7, 11) is 1.88. The first-order valence-corrected chi connectivity index (χ1v) is 8.18. The van der Waals surface area contributed by atoms with E-state index >= 15 is 0 Å². The van der Waals surface area contributed by atoms with E-state index in [1.54, 1.807) is 6.33 Å². The molecule has 2 heterocycles. The molecule has 1 saturated heterocycles. The highest BCUT2D eigenvalue weighted by Crippen LogP contribution is 2.26. The van der Waals surface area contributed by atoms with Gasteiger partial charge < -0.3 is 9.88 Å². The number of hydrogen-bond donors (Lipinski definition) is 1. The Morgan fingerprint density at radius 2 is 2.05 bits per heavy atom. The van der Waals surface area contributed by atoms with Crippen molar-refractivity contribution in [3.63, 3.8) is 0 Å². The fourth-order valence-corrected chi connectivity index (χ4v) is 3.85. The molecule has 2 aliphatic rings. The Morgan fingerprint density at radius 1 is 1.29 bits per heavy atom. The van der Waals surface area contributed by atoms with Crippen LogP contribution in [0.2, 0.25) is 0 Å². The maximum atomic E-state index is 12.5. The average molecular weight is 290 g/mol. The molecule has 0 spiro atoms. The van der Waals surface area contributed by atoms with Crippen LogP contribution in [0.5, 0.6) is 0 Å². The number of carbonyl (C=O) groups is 1. The van der Waals surface area contributed by atoms with E-state index in [1.165, 1.54) is 38.6 Å². The third-order valence-corrected chi connectivity index (χ3v) is 4.96. The molecule has 0 radical (unpaired) electrons. The van der Waals surface area contributed by atoms with Gasteiger partial charge in [0.2, 0.25) is 0 Å². The second-order valence-corrected chi connectivity index (χ2v) is 6.54. The molecule has 2 fully saturated rings. The van der Waals surface area contributed by atoms with Crippen LogP contribution in [0, 0.1) is 6.92 Å². The van der Waals surface area contributed by atoms with Gasteiger partial charge in [0, 0.05) is 25.7 Å². The van der Waals surface area contributed by atoms with Gasteiger partial charge in [0.05, 0.1) is 12.0 Å². The molecule has 0 aromatic carbocycles. The predicted octanol–water partition coefficient (Wildman–Crippen LogP) is 1.87. The topological polar surface area (TPSA) is 50.2 Å². The lowest BCUT2D eigenvalue weighted by Gasteiger charge is -2.37. The molecule has 5 heteroatoms. The zero-order valence-electron chi connectivity index (χ0n) is 13.1. The summed E-state index contributed by atoms with van der Waals surface area (Å²) in [5.74, 6) is 0.0192. The Balaban J connectivity index is 1.60. The van der Waals surface area contributed by atoms with Gasteiger partial charge in [-0.05, 0) is 39.2 Å². The van der Waals surface area contributed by atoms with E-state index in [0.29, 0.717) is 5.69 Å². The van der Waals surface area contributed by atoms with E-state index in [1.807, 2.05) is 18.5 Å². The van der Waals surface area contributed by atoms with Gasteiger partial charge >= 0.3 is 0 Å². The summed E-state index contributed by atoms with van der Waals surface area (Å²) in [4.78, 5) is 19.2. The van der Waals surface area contributed by atoms with E-state index < -0.39 is 0 Å². The second kappa shape index (κ2) is 6.18. The predicted molar refractivity (Wildman–Crippen MR) is 82.3 cm³/mol. The number of amides is 1. The molecule has 0 bridgehead atoms. The van der Waals surface area contributed by atoms with Crippen molar-refractivity contribution in [3.05, 3.63) is 17.7 Å². The van der Waals surface area contributed by atoms with Gasteiger partial charge in [-0.15, -0.1) is 0 Å². The van der Waals surface area contributed by atoms with Crippen molar-refractivity contribution in [2.75, 3.05) is 13.1 Å². The number of nitrogens with one attached hydrogen (secondary N) is 1. The van der Waals surface area contributed by atoms with E-state index in [-0.39, 0.29) is 11.9 Å². The lowest BCUT2D eigenvalue weighted by atomic mass is 10.0. The number of likely N-dealkylation sites (tertiary alicyclic amines) is 1. The van der Waals surface area contributed by atoms with Crippen molar-refractivity contribution < 1.29 is 4.79 Å². The monoisotopic (exact) mass is 290 g/mol. The van der Waals surface area contributed by atoms with Crippen LogP contribution in [-0.4, -0.2) is 45.5 Å². The number of piperidine rings is 1. The van der Waals surface area contributed by atoms with Crippen LogP contribution in [0.4, 0.5) is 0 Å². The first-order valence-electron chi connectivity index (χ1n) is 8.18. The first kappa shape index (κ1) is 14.6. The molecule has 1 atom stereocenters. The molecule has 1 aliphatic heterocycles. The maximum absolute atomic E-state index is 12.5. The highest BCUT2D eigenvalue weighted by Gasteiger charge is 2.29. The summed E-state index contributed by atoms with van der Waals surface area (Å²) in [6.45, 7) is 4.09. The quantitative estimate of drug-likeness (QED) is 0.924. The normalized spacial score (nSPS) is 24.4. The van der Waals surface area contributed by atoms with Gasteiger partial charge in [-0.3, -0.25) is 9.69 Å². The summed E-state index contributed by atoms with van der Waals surface area (Å²) in [5.41, 5.74) is 1.49. The molecule has 1 aromatic heterocycles. The van der Waals surface area contributed by atoms with Gasteiger partial charge in [0.15, 0.2) is 0 Å². The molecule has 1 amide bonds. The molecule has 1 saturated carbocycles. The molecular formula is C16H26N4O. The van der Waals surface area contributed by atoms with Crippen molar-refractivity contribution >= 4 is 5.91 Å². The second-order valence-electron chi connectivity index (χ2n) is 6.54.